The van der Waals surface area contributed by atoms with Crippen molar-refractivity contribution in [2.75, 3.05) is 0 Å². The lowest BCUT2D eigenvalue weighted by Crippen LogP contribution is -2.05. The fourth-order valence-corrected chi connectivity index (χ4v) is 9.46. The van der Waals surface area contributed by atoms with Gasteiger partial charge in [0.2, 0.25) is 0 Å². The third kappa shape index (κ3) is 6.20. The van der Waals surface area contributed by atoms with Gasteiger partial charge in [-0.15, -0.1) is 11.3 Å². The number of fused-ring (bicyclic) bond motifs is 6. The molecule has 7 nitrogen and oxygen atoms in total. The van der Waals surface area contributed by atoms with Gasteiger partial charge in [0.15, 0.2) is 34.9 Å². The molecule has 0 aliphatic heterocycles. The molecule has 0 radical (unpaired) electrons. The van der Waals surface area contributed by atoms with Crippen LogP contribution in [0.3, 0.4) is 0 Å². The number of benzene rings is 8. The van der Waals surface area contributed by atoms with Crippen LogP contribution >= 0.6 is 11.3 Å². The van der Waals surface area contributed by atoms with Gasteiger partial charge in [-0.05, 0) is 54.6 Å². The maximum atomic E-state index is 5.26. The summed E-state index contributed by atoms with van der Waals surface area (Å²) in [7, 11) is 0. The molecule has 0 bridgehead atoms. The largest absolute Gasteiger partial charge is 0.309 e. The summed E-state index contributed by atoms with van der Waals surface area (Å²) in [6.07, 6.45) is 0. The molecular formula is C54H33N7S. The van der Waals surface area contributed by atoms with Gasteiger partial charge >= 0.3 is 0 Å². The van der Waals surface area contributed by atoms with Gasteiger partial charge in [-0.25, -0.2) is 29.9 Å². The highest BCUT2D eigenvalue weighted by Gasteiger charge is 2.22. The molecule has 8 heteroatoms. The molecule has 0 unspecified atom stereocenters. The quantitative estimate of drug-likeness (QED) is 0.159. The molecule has 0 saturated heterocycles. The van der Waals surface area contributed by atoms with Gasteiger partial charge < -0.3 is 4.57 Å². The zero-order valence-corrected chi connectivity index (χ0v) is 33.9. The number of para-hydroxylation sites is 2. The van der Waals surface area contributed by atoms with Crippen LogP contribution in [0.2, 0.25) is 0 Å². The first-order valence-electron chi connectivity index (χ1n) is 20.5. The van der Waals surface area contributed by atoms with Crippen molar-refractivity contribution in [1.82, 2.24) is 34.5 Å². The third-order valence-corrected chi connectivity index (χ3v) is 12.5. The number of rotatable bonds is 7. The topological polar surface area (TPSA) is 82.3 Å². The molecule has 0 amide bonds. The van der Waals surface area contributed by atoms with Crippen molar-refractivity contribution in [1.29, 1.82) is 0 Å². The fourth-order valence-electron chi connectivity index (χ4n) is 8.38. The second-order valence-electron chi connectivity index (χ2n) is 15.1. The van der Waals surface area contributed by atoms with Crippen molar-refractivity contribution in [3.8, 4) is 74.0 Å². The molecule has 4 heterocycles. The zero-order chi connectivity index (χ0) is 41.0. The zero-order valence-electron chi connectivity index (χ0n) is 33.1. The summed E-state index contributed by atoms with van der Waals surface area (Å²) in [4.78, 5) is 31.1. The normalized spacial score (nSPS) is 11.5. The summed E-state index contributed by atoms with van der Waals surface area (Å²) in [5.74, 6) is 3.42. The molecule has 0 aliphatic rings. The van der Waals surface area contributed by atoms with E-state index in [4.69, 9.17) is 29.9 Å². The Morgan fingerprint density at radius 3 is 1.24 bits per heavy atom. The summed E-state index contributed by atoms with van der Waals surface area (Å²) in [5, 5.41) is 4.73. The van der Waals surface area contributed by atoms with Gasteiger partial charge in [0.05, 0.1) is 16.7 Å². The highest BCUT2D eigenvalue weighted by atomic mass is 32.1. The summed E-state index contributed by atoms with van der Waals surface area (Å²) in [5.41, 5.74) is 8.29. The second kappa shape index (κ2) is 14.8. The lowest BCUT2D eigenvalue weighted by Gasteiger charge is -2.16. The van der Waals surface area contributed by atoms with Crippen LogP contribution in [0.4, 0.5) is 0 Å². The molecule has 12 rings (SSSR count). The molecule has 12 aromatic rings. The number of nitrogens with zero attached hydrogens (tertiary/aromatic N) is 7. The van der Waals surface area contributed by atoms with Gasteiger partial charge in [0, 0.05) is 64.3 Å². The Morgan fingerprint density at radius 1 is 0.290 bits per heavy atom. The van der Waals surface area contributed by atoms with Crippen LogP contribution in [0.25, 0.3) is 116 Å². The number of hydrogen-bond donors (Lipinski definition) is 0. The number of hydrogen-bond acceptors (Lipinski definition) is 7. The van der Waals surface area contributed by atoms with Gasteiger partial charge in [-0.2, -0.15) is 0 Å². The summed E-state index contributed by atoms with van der Waals surface area (Å²) in [6.45, 7) is 0. The van der Waals surface area contributed by atoms with E-state index < -0.39 is 0 Å². The molecule has 0 N–H and O–H groups in total. The highest BCUT2D eigenvalue weighted by Crippen LogP contribution is 2.39. The average Bonchev–Trinajstić information content (AvgIpc) is 3.90. The average molecular weight is 812 g/mol. The van der Waals surface area contributed by atoms with Gasteiger partial charge in [-0.1, -0.05) is 146 Å². The minimum absolute atomic E-state index is 0.531. The molecule has 0 aliphatic carbocycles. The Balaban J connectivity index is 1.13. The van der Waals surface area contributed by atoms with Crippen LogP contribution in [-0.4, -0.2) is 34.5 Å². The van der Waals surface area contributed by atoms with E-state index >= 15 is 0 Å². The van der Waals surface area contributed by atoms with E-state index in [1.807, 2.05) is 91.0 Å². The van der Waals surface area contributed by atoms with Crippen LogP contribution in [0.15, 0.2) is 200 Å². The predicted molar refractivity (Wildman–Crippen MR) is 253 cm³/mol. The predicted octanol–water partition coefficient (Wildman–Crippen LogP) is 13.5. The number of thiophene rings is 1. The highest BCUT2D eigenvalue weighted by molar-refractivity contribution is 7.25. The Bertz CT molecular complexity index is 3530. The monoisotopic (exact) mass is 811 g/mol. The van der Waals surface area contributed by atoms with Crippen LogP contribution < -0.4 is 0 Å². The van der Waals surface area contributed by atoms with Crippen molar-refractivity contribution >= 4 is 53.3 Å². The van der Waals surface area contributed by atoms with E-state index in [1.54, 1.807) is 11.3 Å². The minimum atomic E-state index is 0.531. The molecular weight excluding hydrogens is 779 g/mol. The lowest BCUT2D eigenvalue weighted by atomic mass is 10.0. The smallest absolute Gasteiger partial charge is 0.166 e. The Labute approximate surface area is 360 Å². The molecule has 62 heavy (non-hydrogen) atoms. The van der Waals surface area contributed by atoms with Crippen LogP contribution in [0.1, 0.15) is 0 Å². The van der Waals surface area contributed by atoms with Crippen LogP contribution in [0.5, 0.6) is 0 Å². The van der Waals surface area contributed by atoms with Crippen molar-refractivity contribution in [2.24, 2.45) is 0 Å². The van der Waals surface area contributed by atoms with Gasteiger partial charge in [-0.3, -0.25) is 0 Å². The van der Waals surface area contributed by atoms with Crippen molar-refractivity contribution in [3.63, 3.8) is 0 Å². The molecule has 0 saturated carbocycles. The maximum absolute atomic E-state index is 5.26. The third-order valence-electron chi connectivity index (χ3n) is 11.3. The van der Waals surface area contributed by atoms with Crippen molar-refractivity contribution < 1.29 is 0 Å². The second-order valence-corrected chi connectivity index (χ2v) is 16.2. The van der Waals surface area contributed by atoms with E-state index in [1.165, 1.54) is 20.2 Å². The standard InChI is InChI=1S/C54H33N7S/c1-4-16-34(17-5-1)49-56-52(58-53(57-49)38-29-31-48-42(32-38)41-24-12-15-27-47(41)62-48)37-28-30-46(61-44-25-13-10-22-39(44)40-23-11-14-26-45(40)61)43(33-37)54-59-50(35-18-6-2-7-19-35)55-51(60-54)36-20-8-3-9-21-36/h1-33H. The summed E-state index contributed by atoms with van der Waals surface area (Å²) in [6, 6.07) is 68.7. The van der Waals surface area contributed by atoms with Crippen molar-refractivity contribution in [2.45, 2.75) is 0 Å². The maximum Gasteiger partial charge on any atom is 0.166 e. The first-order valence-corrected chi connectivity index (χ1v) is 21.3. The lowest BCUT2D eigenvalue weighted by molar-refractivity contribution is 1.06. The summed E-state index contributed by atoms with van der Waals surface area (Å²) < 4.78 is 4.79. The van der Waals surface area contributed by atoms with Gasteiger partial charge in [0.25, 0.3) is 0 Å². The molecule has 0 spiro atoms. The van der Waals surface area contributed by atoms with Crippen molar-refractivity contribution in [3.05, 3.63) is 200 Å². The van der Waals surface area contributed by atoms with E-state index in [9.17, 15) is 0 Å². The molecule has 0 atom stereocenters. The van der Waals surface area contributed by atoms with E-state index in [-0.39, 0.29) is 0 Å². The Morgan fingerprint density at radius 2 is 0.694 bits per heavy atom. The first kappa shape index (κ1) is 35.7. The molecule has 0 fully saturated rings. The van der Waals surface area contributed by atoms with Gasteiger partial charge in [0.1, 0.15) is 0 Å². The minimum Gasteiger partial charge on any atom is -0.309 e. The Hall–Kier alpha value is -8.20. The molecule has 8 aromatic carbocycles. The molecule has 4 aromatic heterocycles. The van der Waals surface area contributed by atoms with E-state index in [0.717, 1.165) is 60.9 Å². The van der Waals surface area contributed by atoms with E-state index in [2.05, 4.69) is 114 Å². The first-order chi connectivity index (χ1) is 30.7. The number of aromatic nitrogens is 7. The fraction of sp³-hybridized carbons (Fsp3) is 0. The van der Waals surface area contributed by atoms with E-state index in [0.29, 0.717) is 34.9 Å². The SMILES string of the molecule is c1ccc(-c2nc(-c3ccc(-n4c5ccccc5c5ccccc54)c(-c4nc(-c5ccccc5)nc(-c5ccccc5)n4)c3)nc(-c3ccc4sc5ccccc5c4c3)n2)cc1. The Kier molecular flexibility index (Phi) is 8.53. The van der Waals surface area contributed by atoms with Crippen LogP contribution in [-0.2, 0) is 0 Å². The summed E-state index contributed by atoms with van der Waals surface area (Å²) >= 11 is 1.79. The van der Waals surface area contributed by atoms with Crippen LogP contribution in [0, 0.1) is 0 Å². The molecule has 290 valence electrons.